The summed E-state index contributed by atoms with van der Waals surface area (Å²) in [5.41, 5.74) is 4.88. The first-order valence-corrected chi connectivity index (χ1v) is 6.78. The Bertz CT molecular complexity index is 569. The van der Waals surface area contributed by atoms with Crippen molar-refractivity contribution >= 4 is 23.4 Å². The zero-order valence-corrected chi connectivity index (χ0v) is 12.1. The number of nitrogens with zero attached hydrogens (tertiary/aromatic N) is 1. The van der Waals surface area contributed by atoms with E-state index in [1.807, 2.05) is 30.3 Å². The molecule has 2 rings (SSSR count). The number of nitrogens with two attached hydrogens (primary N) is 1. The summed E-state index contributed by atoms with van der Waals surface area (Å²) in [5.74, 6) is -1.51. The number of primary amides is 1. The highest BCUT2D eigenvalue weighted by atomic mass is 16.2. The number of rotatable bonds is 4. The largest absolute Gasteiger partial charge is 0.368 e. The monoisotopic (exact) mass is 289 g/mol. The van der Waals surface area contributed by atoms with E-state index in [4.69, 9.17) is 5.73 Å². The molecule has 1 fully saturated rings. The molecule has 21 heavy (non-hydrogen) atoms. The Kier molecular flexibility index (Phi) is 3.97. The van der Waals surface area contributed by atoms with E-state index in [0.29, 0.717) is 6.54 Å². The lowest BCUT2D eigenvalue weighted by Gasteiger charge is -2.24. The Hall–Kier alpha value is -2.37. The molecule has 6 nitrogen and oxygen atoms in total. The number of carbonyl (C=O) groups excluding carboxylic acids is 3. The molecule has 1 aromatic carbocycles. The minimum absolute atomic E-state index is 0.0989. The van der Waals surface area contributed by atoms with E-state index in [2.05, 4.69) is 5.32 Å². The molecule has 3 amide bonds. The maximum atomic E-state index is 12.2. The first-order chi connectivity index (χ1) is 9.81. The van der Waals surface area contributed by atoms with Crippen LogP contribution in [0.4, 0.5) is 5.69 Å². The van der Waals surface area contributed by atoms with Crippen molar-refractivity contribution in [3.05, 3.63) is 30.3 Å². The lowest BCUT2D eigenvalue weighted by atomic mass is 10.0. The number of hydrogen-bond donors (Lipinski definition) is 2. The first kappa shape index (κ1) is 15.0. The van der Waals surface area contributed by atoms with Gasteiger partial charge in [0.25, 0.3) is 0 Å². The standard InChI is InChI=1S/C15H19N3O3/c1-15(2,14(16)21)17-13(20)10-8-12(19)18(9-10)11-6-4-3-5-7-11/h3-7,10H,8-9H2,1-2H3,(H2,16,21)(H,17,20)/t10-/m1/s1. The molecule has 1 aliphatic rings. The molecule has 1 atom stereocenters. The summed E-state index contributed by atoms with van der Waals surface area (Å²) in [6.45, 7) is 3.39. The number of hydrogen-bond acceptors (Lipinski definition) is 3. The fraction of sp³-hybridized carbons (Fsp3) is 0.400. The van der Waals surface area contributed by atoms with Crippen LogP contribution in [0.3, 0.4) is 0 Å². The molecule has 0 bridgehead atoms. The van der Waals surface area contributed by atoms with Crippen LogP contribution in [0.25, 0.3) is 0 Å². The molecular formula is C15H19N3O3. The number of anilines is 1. The Morgan fingerprint density at radius 1 is 1.29 bits per heavy atom. The zero-order chi connectivity index (χ0) is 15.6. The molecule has 3 N–H and O–H groups in total. The van der Waals surface area contributed by atoms with Gasteiger partial charge in [-0.05, 0) is 26.0 Å². The van der Waals surface area contributed by atoms with Crippen LogP contribution in [0.2, 0.25) is 0 Å². The summed E-state index contributed by atoms with van der Waals surface area (Å²) in [7, 11) is 0. The third kappa shape index (κ3) is 3.21. The van der Waals surface area contributed by atoms with E-state index < -0.39 is 17.4 Å². The van der Waals surface area contributed by atoms with Crippen molar-refractivity contribution in [1.29, 1.82) is 0 Å². The van der Waals surface area contributed by atoms with Crippen LogP contribution in [0, 0.1) is 5.92 Å². The number of carbonyl (C=O) groups is 3. The molecule has 0 aliphatic carbocycles. The Labute approximate surface area is 123 Å². The third-order valence-electron chi connectivity index (χ3n) is 3.62. The molecule has 1 aliphatic heterocycles. The van der Waals surface area contributed by atoms with Crippen molar-refractivity contribution < 1.29 is 14.4 Å². The number of para-hydroxylation sites is 1. The van der Waals surface area contributed by atoms with Crippen molar-refractivity contribution in [1.82, 2.24) is 5.32 Å². The van der Waals surface area contributed by atoms with E-state index in [0.717, 1.165) is 5.69 Å². The summed E-state index contributed by atoms with van der Waals surface area (Å²) < 4.78 is 0. The van der Waals surface area contributed by atoms with Crippen LogP contribution in [0.1, 0.15) is 20.3 Å². The van der Waals surface area contributed by atoms with E-state index in [9.17, 15) is 14.4 Å². The molecule has 1 saturated heterocycles. The second-order valence-electron chi connectivity index (χ2n) is 5.72. The average Bonchev–Trinajstić information content (AvgIpc) is 2.81. The van der Waals surface area contributed by atoms with Crippen LogP contribution in [-0.2, 0) is 14.4 Å². The summed E-state index contributed by atoms with van der Waals surface area (Å²) >= 11 is 0. The Morgan fingerprint density at radius 3 is 2.48 bits per heavy atom. The highest BCUT2D eigenvalue weighted by Crippen LogP contribution is 2.25. The van der Waals surface area contributed by atoms with Crippen molar-refractivity contribution in [2.75, 3.05) is 11.4 Å². The van der Waals surface area contributed by atoms with Gasteiger partial charge in [-0.3, -0.25) is 14.4 Å². The van der Waals surface area contributed by atoms with Gasteiger partial charge >= 0.3 is 0 Å². The lowest BCUT2D eigenvalue weighted by molar-refractivity contribution is -0.132. The molecule has 0 spiro atoms. The van der Waals surface area contributed by atoms with Gasteiger partial charge < -0.3 is 16.0 Å². The fourth-order valence-corrected chi connectivity index (χ4v) is 2.21. The lowest BCUT2D eigenvalue weighted by Crippen LogP contribution is -2.54. The van der Waals surface area contributed by atoms with Gasteiger partial charge in [-0.15, -0.1) is 0 Å². The van der Waals surface area contributed by atoms with Crippen LogP contribution in [-0.4, -0.2) is 29.8 Å². The highest BCUT2D eigenvalue weighted by molar-refractivity contribution is 6.01. The summed E-state index contributed by atoms with van der Waals surface area (Å²) in [5, 5.41) is 2.60. The fourth-order valence-electron chi connectivity index (χ4n) is 2.21. The molecule has 6 heteroatoms. The van der Waals surface area contributed by atoms with Gasteiger partial charge in [-0.1, -0.05) is 18.2 Å². The predicted octanol–water partition coefficient (Wildman–Crippen LogP) is 0.420. The van der Waals surface area contributed by atoms with E-state index in [1.165, 1.54) is 0 Å². The van der Waals surface area contributed by atoms with Crippen LogP contribution < -0.4 is 16.0 Å². The van der Waals surface area contributed by atoms with Gasteiger partial charge in [-0.25, -0.2) is 0 Å². The summed E-state index contributed by atoms with van der Waals surface area (Å²) in [6, 6.07) is 9.19. The minimum Gasteiger partial charge on any atom is -0.368 e. The smallest absolute Gasteiger partial charge is 0.242 e. The second kappa shape index (κ2) is 5.55. The summed E-state index contributed by atoms with van der Waals surface area (Å²) in [6.07, 6.45) is 0.134. The topological polar surface area (TPSA) is 92.5 Å². The van der Waals surface area contributed by atoms with Crippen molar-refractivity contribution in [3.63, 3.8) is 0 Å². The van der Waals surface area contributed by atoms with Gasteiger partial charge in [0, 0.05) is 18.7 Å². The van der Waals surface area contributed by atoms with Crippen molar-refractivity contribution in [3.8, 4) is 0 Å². The van der Waals surface area contributed by atoms with Crippen molar-refractivity contribution in [2.24, 2.45) is 11.7 Å². The normalized spacial score (nSPS) is 18.7. The maximum Gasteiger partial charge on any atom is 0.242 e. The molecule has 1 heterocycles. The quantitative estimate of drug-likeness (QED) is 0.841. The van der Waals surface area contributed by atoms with Gasteiger partial charge in [0.2, 0.25) is 17.7 Å². The second-order valence-corrected chi connectivity index (χ2v) is 5.72. The van der Waals surface area contributed by atoms with Gasteiger partial charge in [0.15, 0.2) is 0 Å². The predicted molar refractivity (Wildman–Crippen MR) is 78.3 cm³/mol. The third-order valence-corrected chi connectivity index (χ3v) is 3.62. The first-order valence-electron chi connectivity index (χ1n) is 6.78. The average molecular weight is 289 g/mol. The zero-order valence-electron chi connectivity index (χ0n) is 12.1. The van der Waals surface area contributed by atoms with E-state index in [1.54, 1.807) is 18.7 Å². The van der Waals surface area contributed by atoms with E-state index >= 15 is 0 Å². The van der Waals surface area contributed by atoms with Crippen LogP contribution in [0.5, 0.6) is 0 Å². The van der Waals surface area contributed by atoms with Gasteiger partial charge in [0.1, 0.15) is 5.54 Å². The molecule has 0 saturated carbocycles. The number of benzene rings is 1. The van der Waals surface area contributed by atoms with Crippen molar-refractivity contribution in [2.45, 2.75) is 25.8 Å². The molecular weight excluding hydrogens is 270 g/mol. The minimum atomic E-state index is -1.12. The van der Waals surface area contributed by atoms with Gasteiger partial charge in [-0.2, -0.15) is 0 Å². The molecule has 1 aromatic rings. The highest BCUT2D eigenvalue weighted by Gasteiger charge is 2.38. The molecule has 112 valence electrons. The number of nitrogens with one attached hydrogen (secondary N) is 1. The summed E-state index contributed by atoms with van der Waals surface area (Å²) in [4.78, 5) is 37.1. The Balaban J connectivity index is 2.06. The maximum absolute atomic E-state index is 12.2. The number of amides is 3. The SMILES string of the molecule is CC(C)(NC(=O)[C@@H]1CC(=O)N(c2ccccc2)C1)C(N)=O. The van der Waals surface area contributed by atoms with Crippen LogP contribution in [0.15, 0.2) is 30.3 Å². The Morgan fingerprint density at radius 2 is 1.90 bits per heavy atom. The molecule has 0 aromatic heterocycles. The van der Waals surface area contributed by atoms with E-state index in [-0.39, 0.29) is 18.2 Å². The van der Waals surface area contributed by atoms with Gasteiger partial charge in [0.05, 0.1) is 5.92 Å². The molecule has 0 radical (unpaired) electrons. The molecule has 0 unspecified atom stereocenters. The van der Waals surface area contributed by atoms with Crippen LogP contribution >= 0.6 is 0 Å².